The molecule has 10 heteroatoms. The predicted octanol–water partition coefficient (Wildman–Crippen LogP) is 5.50. The predicted molar refractivity (Wildman–Crippen MR) is 165 cm³/mol. The van der Waals surface area contributed by atoms with Gasteiger partial charge < -0.3 is 14.8 Å². The number of ether oxygens (including phenoxy) is 2. The zero-order valence-electron chi connectivity index (χ0n) is 24.5. The van der Waals surface area contributed by atoms with Crippen molar-refractivity contribution in [2.75, 3.05) is 45.2 Å². The van der Waals surface area contributed by atoms with Crippen molar-refractivity contribution in [3.05, 3.63) is 84.2 Å². The van der Waals surface area contributed by atoms with Crippen LogP contribution in [0.2, 0.25) is 0 Å². The van der Waals surface area contributed by atoms with Crippen molar-refractivity contribution >= 4 is 26.7 Å². The Morgan fingerprint density at radius 3 is 2.38 bits per heavy atom. The third-order valence-corrected chi connectivity index (χ3v) is 9.59. The molecule has 5 rings (SSSR count). The Hall–Kier alpha value is -3.73. The summed E-state index contributed by atoms with van der Waals surface area (Å²) in [5, 5.41) is 4.44. The fourth-order valence-corrected chi connectivity index (χ4v) is 6.55. The van der Waals surface area contributed by atoms with E-state index in [0.29, 0.717) is 50.9 Å². The summed E-state index contributed by atoms with van der Waals surface area (Å²) in [7, 11) is -1.92. The van der Waals surface area contributed by atoms with Crippen molar-refractivity contribution < 1.29 is 17.9 Å². The molecule has 0 aliphatic carbocycles. The number of fused-ring (bicyclic) bond motifs is 1. The Morgan fingerprint density at radius 1 is 0.929 bits per heavy atom. The Balaban J connectivity index is 1.27. The Labute approximate surface area is 248 Å². The van der Waals surface area contributed by atoms with E-state index in [4.69, 9.17) is 19.4 Å². The summed E-state index contributed by atoms with van der Waals surface area (Å²) in [4.78, 5) is 12.4. The summed E-state index contributed by atoms with van der Waals surface area (Å²) in [6.07, 6.45) is 2.01. The lowest BCUT2D eigenvalue weighted by Gasteiger charge is -2.36. The van der Waals surface area contributed by atoms with Crippen LogP contribution in [0.5, 0.6) is 11.5 Å². The normalized spacial score (nSPS) is 15.4. The van der Waals surface area contributed by atoms with Gasteiger partial charge in [-0.15, -0.1) is 0 Å². The maximum Gasteiger partial charge on any atom is 0.243 e. The number of methoxy groups -OCH3 is 1. The summed E-state index contributed by atoms with van der Waals surface area (Å²) in [6.45, 7) is 7.33. The van der Waals surface area contributed by atoms with Crippen molar-refractivity contribution in [2.24, 2.45) is 0 Å². The second-order valence-corrected chi connectivity index (χ2v) is 12.3. The van der Waals surface area contributed by atoms with E-state index in [-0.39, 0.29) is 10.9 Å². The Bertz CT molecular complexity index is 1590. The molecule has 222 valence electrons. The van der Waals surface area contributed by atoms with Crippen LogP contribution in [-0.2, 0) is 16.6 Å². The minimum atomic E-state index is -3.59. The van der Waals surface area contributed by atoms with E-state index in [0.717, 1.165) is 40.9 Å². The fraction of sp³-hybridized carbons (Fsp3) is 0.375. The summed E-state index contributed by atoms with van der Waals surface area (Å²) < 4.78 is 39.5. The van der Waals surface area contributed by atoms with Gasteiger partial charge in [-0.05, 0) is 55.8 Å². The highest BCUT2D eigenvalue weighted by Crippen LogP contribution is 2.28. The number of anilines is 1. The van der Waals surface area contributed by atoms with E-state index >= 15 is 0 Å². The first-order chi connectivity index (χ1) is 20.4. The number of nitrogens with zero attached hydrogens (tertiary/aromatic N) is 4. The van der Waals surface area contributed by atoms with E-state index in [9.17, 15) is 8.42 Å². The smallest absolute Gasteiger partial charge is 0.243 e. The third kappa shape index (κ3) is 6.67. The van der Waals surface area contributed by atoms with Crippen molar-refractivity contribution in [2.45, 2.75) is 44.2 Å². The number of nitrogens with one attached hydrogen (secondary N) is 1. The standard InChI is InChI=1S/C32H39N5O4S/c1-4-5-22-41-26-14-16-27(17-15-26)42(38,39)37-20-18-36(19-21-37)24(2)31-34-29-12-8-7-11-28(29)32(35-31)33-23-25-10-6-9-13-30(25)40-3/h6-17,24H,4-5,18-23H2,1-3H3,(H,33,34,35)/t24-/m0/s1. The Morgan fingerprint density at radius 2 is 1.64 bits per heavy atom. The average Bonchev–Trinajstić information content (AvgIpc) is 3.03. The first-order valence-electron chi connectivity index (χ1n) is 14.5. The number of rotatable bonds is 12. The number of benzene rings is 3. The third-order valence-electron chi connectivity index (χ3n) is 7.68. The van der Waals surface area contributed by atoms with E-state index in [1.807, 2.05) is 48.5 Å². The van der Waals surface area contributed by atoms with Crippen LogP contribution in [0.4, 0.5) is 5.82 Å². The molecule has 1 saturated heterocycles. The van der Waals surface area contributed by atoms with Gasteiger partial charge in [0.1, 0.15) is 23.1 Å². The van der Waals surface area contributed by atoms with Crippen molar-refractivity contribution in [1.29, 1.82) is 0 Å². The van der Waals surface area contributed by atoms with Gasteiger partial charge in [0.25, 0.3) is 0 Å². The van der Waals surface area contributed by atoms with Crippen LogP contribution in [0.3, 0.4) is 0 Å². The van der Waals surface area contributed by atoms with Crippen molar-refractivity contribution in [3.8, 4) is 11.5 Å². The van der Waals surface area contributed by atoms with Gasteiger partial charge in [-0.25, -0.2) is 18.4 Å². The summed E-state index contributed by atoms with van der Waals surface area (Å²) in [6, 6.07) is 22.5. The molecule has 1 aromatic heterocycles. The van der Waals surface area contributed by atoms with E-state index in [1.54, 1.807) is 35.7 Å². The molecular formula is C32H39N5O4S. The zero-order chi connectivity index (χ0) is 29.5. The maximum atomic E-state index is 13.4. The number of sulfonamides is 1. The first kappa shape index (κ1) is 29.8. The minimum Gasteiger partial charge on any atom is -0.496 e. The molecule has 42 heavy (non-hydrogen) atoms. The fourth-order valence-electron chi connectivity index (χ4n) is 5.13. The zero-order valence-corrected chi connectivity index (χ0v) is 25.3. The maximum absolute atomic E-state index is 13.4. The molecule has 0 radical (unpaired) electrons. The van der Waals surface area contributed by atoms with Gasteiger partial charge in [-0.3, -0.25) is 4.90 Å². The Kier molecular flexibility index (Phi) is 9.56. The molecule has 1 aliphatic rings. The first-order valence-corrected chi connectivity index (χ1v) is 15.9. The number of unbranched alkanes of at least 4 members (excludes halogenated alkanes) is 1. The number of para-hydroxylation sites is 2. The van der Waals surface area contributed by atoms with Crippen molar-refractivity contribution in [1.82, 2.24) is 19.2 Å². The topological polar surface area (TPSA) is 96.9 Å². The number of aromatic nitrogens is 2. The number of hydrogen-bond acceptors (Lipinski definition) is 8. The second-order valence-electron chi connectivity index (χ2n) is 10.4. The SMILES string of the molecule is CCCCOc1ccc(S(=O)(=O)N2CCN([C@@H](C)c3nc(NCc4ccccc4OC)c4ccccc4n3)CC2)cc1. The van der Waals surface area contributed by atoms with Gasteiger partial charge >= 0.3 is 0 Å². The molecule has 1 fully saturated rings. The molecule has 4 aromatic rings. The van der Waals surface area contributed by atoms with Crippen LogP contribution in [0.25, 0.3) is 10.9 Å². The van der Waals surface area contributed by atoms with E-state index < -0.39 is 10.0 Å². The van der Waals surface area contributed by atoms with Crippen LogP contribution in [0.15, 0.2) is 77.7 Å². The van der Waals surface area contributed by atoms with Gasteiger partial charge in [0.05, 0.1) is 30.2 Å². The molecule has 9 nitrogen and oxygen atoms in total. The minimum absolute atomic E-state index is 0.0918. The largest absolute Gasteiger partial charge is 0.496 e. The molecule has 0 spiro atoms. The van der Waals surface area contributed by atoms with E-state index in [1.165, 1.54) is 0 Å². The van der Waals surface area contributed by atoms with Crippen LogP contribution in [0, 0.1) is 0 Å². The number of piperazine rings is 1. The van der Waals surface area contributed by atoms with Crippen LogP contribution in [-0.4, -0.2) is 67.5 Å². The number of hydrogen-bond donors (Lipinski definition) is 1. The second kappa shape index (κ2) is 13.5. The van der Waals surface area contributed by atoms with Crippen LogP contribution < -0.4 is 14.8 Å². The quantitative estimate of drug-likeness (QED) is 0.217. The molecular weight excluding hydrogens is 550 g/mol. The van der Waals surface area contributed by atoms with Gasteiger partial charge in [0, 0.05) is 43.7 Å². The molecule has 2 heterocycles. The van der Waals surface area contributed by atoms with Gasteiger partial charge in [0.15, 0.2) is 0 Å². The molecule has 0 saturated carbocycles. The average molecular weight is 590 g/mol. The van der Waals surface area contributed by atoms with Gasteiger partial charge in [0.2, 0.25) is 10.0 Å². The molecule has 0 amide bonds. The highest BCUT2D eigenvalue weighted by Gasteiger charge is 2.31. The van der Waals surface area contributed by atoms with Crippen molar-refractivity contribution in [3.63, 3.8) is 0 Å². The summed E-state index contributed by atoms with van der Waals surface area (Å²) >= 11 is 0. The van der Waals surface area contributed by atoms with Crippen LogP contribution in [0.1, 0.15) is 44.1 Å². The lowest BCUT2D eigenvalue weighted by atomic mass is 10.1. The molecule has 1 atom stereocenters. The van der Waals surface area contributed by atoms with Gasteiger partial charge in [-0.1, -0.05) is 43.7 Å². The summed E-state index contributed by atoms with van der Waals surface area (Å²) in [5.74, 6) is 2.97. The molecule has 3 aromatic carbocycles. The van der Waals surface area contributed by atoms with Crippen LogP contribution >= 0.6 is 0 Å². The summed E-state index contributed by atoms with van der Waals surface area (Å²) in [5.41, 5.74) is 1.90. The van der Waals surface area contributed by atoms with Gasteiger partial charge in [-0.2, -0.15) is 4.31 Å². The lowest BCUT2D eigenvalue weighted by Crippen LogP contribution is -2.49. The lowest BCUT2D eigenvalue weighted by molar-refractivity contribution is 0.141. The van der Waals surface area contributed by atoms with E-state index in [2.05, 4.69) is 24.1 Å². The molecule has 1 N–H and O–H groups in total. The molecule has 0 unspecified atom stereocenters. The molecule has 0 bridgehead atoms. The highest BCUT2D eigenvalue weighted by molar-refractivity contribution is 7.89. The monoisotopic (exact) mass is 589 g/mol. The highest BCUT2D eigenvalue weighted by atomic mass is 32.2. The molecule has 1 aliphatic heterocycles.